The molecule has 0 bridgehead atoms. The Kier molecular flexibility index (Phi) is 16.7. The van der Waals surface area contributed by atoms with Crippen LogP contribution in [0.2, 0.25) is 0 Å². The molecule has 0 atom stereocenters. The second kappa shape index (κ2) is 21.3. The maximum atomic E-state index is 12.3. The lowest BCUT2D eigenvalue weighted by molar-refractivity contribution is -0.684. The Balaban J connectivity index is 1.22. The number of allylic oxidation sites excluding steroid dienone is 4. The van der Waals surface area contributed by atoms with E-state index in [1.807, 2.05) is 92.7 Å². The number of anilines is 2. The number of nitrogens with zero attached hydrogens (tertiary/aromatic N) is 3. The number of carbonyl (C=O) groups excluding carboxylic acids is 2. The van der Waals surface area contributed by atoms with Gasteiger partial charge in [-0.3, -0.25) is 14.6 Å². The van der Waals surface area contributed by atoms with Gasteiger partial charge in [-0.2, -0.15) is 4.57 Å². The minimum absolute atomic E-state index is 0.0248. The summed E-state index contributed by atoms with van der Waals surface area (Å²) in [5.41, 5.74) is 6.42. The van der Waals surface area contributed by atoms with Crippen molar-refractivity contribution in [1.82, 2.24) is 10.6 Å². The summed E-state index contributed by atoms with van der Waals surface area (Å²) in [6.07, 6.45) is 17.1. The third-order valence-electron chi connectivity index (χ3n) is 6.73. The first kappa shape index (κ1) is 36.9. The van der Waals surface area contributed by atoms with E-state index in [4.69, 9.17) is 0 Å². The molecule has 0 saturated carbocycles. The van der Waals surface area contributed by atoms with Crippen molar-refractivity contribution in [3.8, 4) is 0 Å². The summed E-state index contributed by atoms with van der Waals surface area (Å²) in [7, 11) is 9.28. The molecule has 0 aliphatic carbocycles. The quantitative estimate of drug-likeness (QED) is 0.0495. The molecule has 0 unspecified atom stereocenters. The minimum atomic E-state index is -0.121. The normalized spacial score (nSPS) is 11.7. The monoisotopic (exact) mass is 669 g/mol. The molecule has 0 fully saturated rings. The third-order valence-corrected chi connectivity index (χ3v) is 9.14. The van der Waals surface area contributed by atoms with E-state index in [-0.39, 0.29) is 24.9 Å². The van der Waals surface area contributed by atoms with Crippen LogP contribution in [0.25, 0.3) is 18.2 Å². The topological polar surface area (TPSA) is 89.7 Å². The second-order valence-electron chi connectivity index (χ2n) is 10.5. The SMILES string of the molecule is C=CC(/C=C/c1ccc(NC)cc1)=C\C=NCC(=O)NCCSSCCNC(=O)C[n+]1ccc(/C=C/c2ccc(N(C)C)cc2)cc1. The van der Waals surface area contributed by atoms with Crippen LogP contribution in [0, 0.1) is 0 Å². The van der Waals surface area contributed by atoms with E-state index in [1.54, 1.807) is 33.9 Å². The molecule has 3 N–H and O–H groups in total. The average Bonchev–Trinajstić information content (AvgIpc) is 3.09. The summed E-state index contributed by atoms with van der Waals surface area (Å²) in [6.45, 7) is 5.33. The summed E-state index contributed by atoms with van der Waals surface area (Å²) in [4.78, 5) is 30.7. The Hall–Kier alpha value is -4.54. The highest BCUT2D eigenvalue weighted by Crippen LogP contribution is 2.19. The van der Waals surface area contributed by atoms with E-state index in [9.17, 15) is 9.59 Å². The number of aromatic nitrogens is 1. The molecule has 3 aromatic rings. The number of hydrogen-bond acceptors (Lipinski definition) is 7. The predicted octanol–water partition coefficient (Wildman–Crippen LogP) is 5.76. The number of hydrogen-bond donors (Lipinski definition) is 3. The minimum Gasteiger partial charge on any atom is -0.388 e. The lowest BCUT2D eigenvalue weighted by Crippen LogP contribution is -2.42. The van der Waals surface area contributed by atoms with E-state index in [2.05, 4.69) is 68.8 Å². The van der Waals surface area contributed by atoms with Gasteiger partial charge in [-0.1, -0.05) is 82.8 Å². The Morgan fingerprint density at radius 1 is 0.830 bits per heavy atom. The summed E-state index contributed by atoms with van der Waals surface area (Å²) in [5, 5.41) is 8.94. The number of nitrogens with one attached hydrogen (secondary N) is 3. The number of carbonyl (C=O) groups is 2. The van der Waals surface area contributed by atoms with Crippen molar-refractivity contribution in [1.29, 1.82) is 0 Å². The van der Waals surface area contributed by atoms with Gasteiger partial charge in [-0.25, -0.2) is 0 Å². The summed E-state index contributed by atoms with van der Waals surface area (Å²) in [6, 6.07) is 20.5. The molecule has 246 valence electrons. The highest BCUT2D eigenvalue weighted by molar-refractivity contribution is 8.76. The van der Waals surface area contributed by atoms with Crippen molar-refractivity contribution < 1.29 is 14.2 Å². The number of aliphatic imine (C=N–C) groups is 1. The molecule has 2 aromatic carbocycles. The third kappa shape index (κ3) is 15.1. The zero-order valence-electron chi connectivity index (χ0n) is 27.4. The van der Waals surface area contributed by atoms with Gasteiger partial charge in [0.25, 0.3) is 5.91 Å². The van der Waals surface area contributed by atoms with Gasteiger partial charge in [0.05, 0.1) is 0 Å². The van der Waals surface area contributed by atoms with E-state index >= 15 is 0 Å². The molecule has 1 heterocycles. The summed E-state index contributed by atoms with van der Waals surface area (Å²) in [5.74, 6) is 1.41. The molecule has 0 spiro atoms. The highest BCUT2D eigenvalue weighted by atomic mass is 33.1. The Morgan fingerprint density at radius 2 is 1.40 bits per heavy atom. The lowest BCUT2D eigenvalue weighted by atomic mass is 10.1. The summed E-state index contributed by atoms with van der Waals surface area (Å²) >= 11 is 0. The van der Waals surface area contributed by atoms with Crippen LogP contribution in [-0.4, -0.2) is 70.3 Å². The van der Waals surface area contributed by atoms with Crippen molar-refractivity contribution in [2.75, 3.05) is 62.5 Å². The van der Waals surface area contributed by atoms with Crippen LogP contribution < -0.4 is 25.4 Å². The molecule has 47 heavy (non-hydrogen) atoms. The van der Waals surface area contributed by atoms with Crippen LogP contribution in [0.3, 0.4) is 0 Å². The van der Waals surface area contributed by atoms with Gasteiger partial charge in [-0.05, 0) is 52.6 Å². The standard InChI is InChI=1S/C37H44N6O2S2/c1-5-30(6-7-31-10-14-34(38-2)15-11-31)18-21-39-28-36(44)40-22-26-46-47-27-23-41-37(45)29-43-24-19-33(20-25-43)9-8-32-12-16-35(17-13-32)42(3)4/h5-21,24-25H,1,22-23,26-29H2,2-4H3,(H2-,38,39,40,41,44,45)/p+1. The van der Waals surface area contributed by atoms with E-state index in [0.717, 1.165) is 39.5 Å². The highest BCUT2D eigenvalue weighted by Gasteiger charge is 2.08. The van der Waals surface area contributed by atoms with Crippen LogP contribution in [-0.2, 0) is 16.1 Å². The largest absolute Gasteiger partial charge is 0.388 e. The molecular weight excluding hydrogens is 625 g/mol. The van der Waals surface area contributed by atoms with Crippen LogP contribution >= 0.6 is 21.6 Å². The fourth-order valence-corrected chi connectivity index (χ4v) is 5.85. The van der Waals surface area contributed by atoms with Crippen LogP contribution in [0.5, 0.6) is 0 Å². The molecule has 0 saturated heterocycles. The number of pyridine rings is 1. The van der Waals surface area contributed by atoms with Crippen molar-refractivity contribution in [3.63, 3.8) is 0 Å². The van der Waals surface area contributed by atoms with Gasteiger partial charge in [0, 0.05) is 75.5 Å². The number of benzene rings is 2. The average molecular weight is 670 g/mol. The van der Waals surface area contributed by atoms with E-state index in [0.29, 0.717) is 13.1 Å². The van der Waals surface area contributed by atoms with Gasteiger partial charge in [0.2, 0.25) is 12.5 Å². The van der Waals surface area contributed by atoms with E-state index in [1.165, 1.54) is 5.69 Å². The van der Waals surface area contributed by atoms with Gasteiger partial charge in [-0.15, -0.1) is 0 Å². The first-order valence-corrected chi connectivity index (χ1v) is 17.9. The first-order chi connectivity index (χ1) is 22.9. The van der Waals surface area contributed by atoms with Crippen molar-refractivity contribution in [3.05, 3.63) is 120 Å². The maximum Gasteiger partial charge on any atom is 0.286 e. The number of rotatable bonds is 19. The molecule has 1 aromatic heterocycles. The van der Waals surface area contributed by atoms with Gasteiger partial charge >= 0.3 is 0 Å². The second-order valence-corrected chi connectivity index (χ2v) is 13.2. The zero-order valence-corrected chi connectivity index (χ0v) is 29.0. The molecule has 0 aliphatic heterocycles. The van der Waals surface area contributed by atoms with E-state index < -0.39 is 0 Å². The van der Waals surface area contributed by atoms with Crippen molar-refractivity contribution in [2.45, 2.75) is 6.54 Å². The fraction of sp³-hybridized carbons (Fsp3) is 0.243. The Morgan fingerprint density at radius 3 is 2.00 bits per heavy atom. The Labute approximate surface area is 287 Å². The fourth-order valence-electron chi connectivity index (χ4n) is 4.04. The first-order valence-electron chi connectivity index (χ1n) is 15.4. The molecule has 2 amide bonds. The van der Waals surface area contributed by atoms with Gasteiger partial charge < -0.3 is 20.9 Å². The van der Waals surface area contributed by atoms with Gasteiger partial charge in [0.1, 0.15) is 6.54 Å². The molecule has 0 aliphatic rings. The molecular formula is C37H45N6O2S2+. The molecule has 0 radical (unpaired) electrons. The maximum absolute atomic E-state index is 12.3. The van der Waals surface area contributed by atoms with Crippen LogP contribution in [0.15, 0.2) is 108 Å². The van der Waals surface area contributed by atoms with Gasteiger partial charge in [0.15, 0.2) is 12.4 Å². The van der Waals surface area contributed by atoms with Crippen LogP contribution in [0.4, 0.5) is 11.4 Å². The Bertz CT molecular complexity index is 1530. The lowest BCUT2D eigenvalue weighted by Gasteiger charge is -2.11. The molecule has 10 heteroatoms. The molecule has 3 rings (SSSR count). The zero-order chi connectivity index (χ0) is 33.7. The van der Waals surface area contributed by atoms with Crippen molar-refractivity contribution in [2.24, 2.45) is 4.99 Å². The number of amides is 2. The van der Waals surface area contributed by atoms with Crippen LogP contribution in [0.1, 0.15) is 16.7 Å². The van der Waals surface area contributed by atoms with Crippen molar-refractivity contribution >= 4 is 69.2 Å². The predicted molar refractivity (Wildman–Crippen MR) is 204 cm³/mol. The summed E-state index contributed by atoms with van der Waals surface area (Å²) < 4.78 is 1.87. The molecule has 8 nitrogen and oxygen atoms in total. The smallest absolute Gasteiger partial charge is 0.286 e.